The van der Waals surface area contributed by atoms with Crippen LogP contribution in [0.25, 0.3) is 0 Å². The number of aromatic nitrogens is 2. The fourth-order valence-electron chi connectivity index (χ4n) is 2.16. The molecule has 2 heterocycles. The molecule has 1 aromatic carbocycles. The third-order valence-electron chi connectivity index (χ3n) is 3.13. The zero-order chi connectivity index (χ0) is 13.6. The normalized spacial score (nSPS) is 11.8. The van der Waals surface area contributed by atoms with Crippen molar-refractivity contribution in [3.63, 3.8) is 0 Å². The molecule has 0 aliphatic carbocycles. The van der Waals surface area contributed by atoms with Crippen molar-refractivity contribution in [3.05, 3.63) is 90.4 Å². The van der Waals surface area contributed by atoms with E-state index in [2.05, 4.69) is 27.4 Å². The second kappa shape index (κ2) is 5.97. The summed E-state index contributed by atoms with van der Waals surface area (Å²) in [6.07, 6.45) is 5.41. The lowest BCUT2D eigenvalue weighted by atomic mass is 10.00. The quantitative estimate of drug-likeness (QED) is 0.778. The molecule has 98 valence electrons. The average Bonchev–Trinajstić information content (AvgIpc) is 2.55. The molecule has 1 N–H and O–H groups in total. The maximum absolute atomic E-state index is 4.34. The van der Waals surface area contributed by atoms with E-state index in [1.54, 1.807) is 6.20 Å². The summed E-state index contributed by atoms with van der Waals surface area (Å²) in [5.41, 5.74) is 2.36. The lowest BCUT2D eigenvalue weighted by Crippen LogP contribution is -2.13. The van der Waals surface area contributed by atoms with Gasteiger partial charge in [-0.2, -0.15) is 0 Å². The molecule has 1 atom stereocenters. The van der Waals surface area contributed by atoms with Crippen molar-refractivity contribution in [2.45, 2.75) is 6.04 Å². The van der Waals surface area contributed by atoms with Gasteiger partial charge in [-0.1, -0.05) is 36.4 Å². The first kappa shape index (κ1) is 12.4. The molecule has 0 amide bonds. The number of hydrogen-bond acceptors (Lipinski definition) is 3. The highest BCUT2D eigenvalue weighted by Crippen LogP contribution is 2.25. The van der Waals surface area contributed by atoms with Crippen LogP contribution >= 0.6 is 0 Å². The number of pyridine rings is 2. The molecule has 0 fully saturated rings. The van der Waals surface area contributed by atoms with Gasteiger partial charge >= 0.3 is 0 Å². The smallest absolute Gasteiger partial charge is 0.126 e. The molecule has 0 bridgehead atoms. The van der Waals surface area contributed by atoms with Crippen LogP contribution in [0.3, 0.4) is 0 Å². The fourth-order valence-corrected chi connectivity index (χ4v) is 2.16. The number of hydrogen-bond donors (Lipinski definition) is 1. The van der Waals surface area contributed by atoms with Gasteiger partial charge in [0.2, 0.25) is 0 Å². The average molecular weight is 261 g/mol. The van der Waals surface area contributed by atoms with Gasteiger partial charge in [-0.3, -0.25) is 4.98 Å². The predicted octanol–water partition coefficient (Wildman–Crippen LogP) is 3.68. The maximum Gasteiger partial charge on any atom is 0.126 e. The van der Waals surface area contributed by atoms with Crippen LogP contribution in [0.1, 0.15) is 17.2 Å². The van der Waals surface area contributed by atoms with Crippen LogP contribution in [-0.4, -0.2) is 9.97 Å². The van der Waals surface area contributed by atoms with E-state index < -0.39 is 0 Å². The summed E-state index contributed by atoms with van der Waals surface area (Å²) in [5, 5.41) is 3.47. The van der Waals surface area contributed by atoms with Crippen molar-refractivity contribution in [1.82, 2.24) is 9.97 Å². The van der Waals surface area contributed by atoms with Crippen molar-refractivity contribution >= 4 is 5.82 Å². The first-order valence-electron chi connectivity index (χ1n) is 6.56. The predicted molar refractivity (Wildman–Crippen MR) is 80.4 cm³/mol. The second-order valence-electron chi connectivity index (χ2n) is 4.48. The van der Waals surface area contributed by atoms with Gasteiger partial charge in [-0.05, 0) is 35.4 Å². The van der Waals surface area contributed by atoms with Crippen LogP contribution in [0.5, 0.6) is 0 Å². The number of anilines is 1. The van der Waals surface area contributed by atoms with Gasteiger partial charge in [0.15, 0.2) is 0 Å². The van der Waals surface area contributed by atoms with Gasteiger partial charge < -0.3 is 5.32 Å². The molecule has 0 aliphatic rings. The van der Waals surface area contributed by atoms with Gasteiger partial charge in [-0.15, -0.1) is 0 Å². The molecule has 0 saturated carbocycles. The van der Waals surface area contributed by atoms with E-state index in [0.717, 1.165) is 11.4 Å². The summed E-state index contributed by atoms with van der Waals surface area (Å²) in [4.78, 5) is 8.43. The first-order chi connectivity index (χ1) is 9.93. The van der Waals surface area contributed by atoms with Gasteiger partial charge in [0.05, 0.1) is 6.04 Å². The van der Waals surface area contributed by atoms with Crippen molar-refractivity contribution in [2.75, 3.05) is 5.32 Å². The molecular weight excluding hydrogens is 246 g/mol. The van der Waals surface area contributed by atoms with Crippen LogP contribution in [-0.2, 0) is 0 Å². The highest BCUT2D eigenvalue weighted by atomic mass is 15.0. The highest BCUT2D eigenvalue weighted by molar-refractivity contribution is 5.43. The first-order valence-corrected chi connectivity index (χ1v) is 6.56. The van der Waals surface area contributed by atoms with E-state index in [9.17, 15) is 0 Å². The molecule has 0 aliphatic heterocycles. The molecule has 0 unspecified atom stereocenters. The van der Waals surface area contributed by atoms with Crippen LogP contribution in [0.4, 0.5) is 5.82 Å². The summed E-state index contributed by atoms with van der Waals surface area (Å²) in [5.74, 6) is 0.859. The SMILES string of the molecule is c1ccc([C@@H](Nc2ccccn2)c2ccncc2)cc1. The van der Waals surface area contributed by atoms with Crippen LogP contribution < -0.4 is 5.32 Å². The third kappa shape index (κ3) is 2.83. The lowest BCUT2D eigenvalue weighted by Gasteiger charge is -2.20. The van der Waals surface area contributed by atoms with Crippen molar-refractivity contribution < 1.29 is 0 Å². The monoisotopic (exact) mass is 261 g/mol. The van der Waals surface area contributed by atoms with Gasteiger partial charge in [0.1, 0.15) is 5.82 Å². The summed E-state index contributed by atoms with van der Waals surface area (Å²) in [6.45, 7) is 0. The minimum absolute atomic E-state index is 0.0640. The van der Waals surface area contributed by atoms with E-state index in [-0.39, 0.29) is 6.04 Å². The molecule has 0 radical (unpaired) electrons. The molecule has 3 aromatic rings. The molecule has 2 aromatic heterocycles. The van der Waals surface area contributed by atoms with Gasteiger partial charge in [0.25, 0.3) is 0 Å². The minimum atomic E-state index is 0.0640. The Kier molecular flexibility index (Phi) is 3.69. The number of nitrogens with one attached hydrogen (secondary N) is 1. The Morgan fingerprint density at radius 2 is 1.40 bits per heavy atom. The number of rotatable bonds is 4. The zero-order valence-corrected chi connectivity index (χ0v) is 11.0. The Morgan fingerprint density at radius 1 is 0.700 bits per heavy atom. The minimum Gasteiger partial charge on any atom is -0.359 e. The number of benzene rings is 1. The standard InChI is InChI=1S/C17H15N3/c1-2-6-14(7-3-1)17(15-9-12-18-13-10-15)20-16-8-4-5-11-19-16/h1-13,17H,(H,19,20)/t17-/m1/s1. The molecule has 3 nitrogen and oxygen atoms in total. The molecule has 0 spiro atoms. The summed E-state index contributed by atoms with van der Waals surface area (Å²) >= 11 is 0. The Hall–Kier alpha value is -2.68. The highest BCUT2D eigenvalue weighted by Gasteiger charge is 2.13. The fraction of sp³-hybridized carbons (Fsp3) is 0.0588. The third-order valence-corrected chi connectivity index (χ3v) is 3.13. The summed E-state index contributed by atoms with van der Waals surface area (Å²) in [7, 11) is 0. The van der Waals surface area contributed by atoms with Crippen molar-refractivity contribution in [3.8, 4) is 0 Å². The summed E-state index contributed by atoms with van der Waals surface area (Å²) < 4.78 is 0. The zero-order valence-electron chi connectivity index (χ0n) is 11.0. The molecule has 0 saturated heterocycles. The Labute approximate surface area is 118 Å². The van der Waals surface area contributed by atoms with E-state index >= 15 is 0 Å². The molecule has 3 heteroatoms. The van der Waals surface area contributed by atoms with Crippen molar-refractivity contribution in [1.29, 1.82) is 0 Å². The molecular formula is C17H15N3. The van der Waals surface area contributed by atoms with Crippen LogP contribution in [0, 0.1) is 0 Å². The number of nitrogens with zero attached hydrogens (tertiary/aromatic N) is 2. The van der Waals surface area contributed by atoms with Crippen LogP contribution in [0.2, 0.25) is 0 Å². The van der Waals surface area contributed by atoms with E-state index in [4.69, 9.17) is 0 Å². The molecule has 20 heavy (non-hydrogen) atoms. The van der Waals surface area contributed by atoms with E-state index in [1.165, 1.54) is 5.56 Å². The van der Waals surface area contributed by atoms with E-state index in [1.807, 2.05) is 60.9 Å². The summed E-state index contributed by atoms with van der Waals surface area (Å²) in [6, 6.07) is 20.3. The largest absolute Gasteiger partial charge is 0.359 e. The van der Waals surface area contributed by atoms with Gasteiger partial charge in [-0.25, -0.2) is 4.98 Å². The van der Waals surface area contributed by atoms with Gasteiger partial charge in [0, 0.05) is 18.6 Å². The van der Waals surface area contributed by atoms with E-state index in [0.29, 0.717) is 0 Å². The molecule has 3 rings (SSSR count). The maximum atomic E-state index is 4.34. The second-order valence-corrected chi connectivity index (χ2v) is 4.48. The Morgan fingerprint density at radius 3 is 2.10 bits per heavy atom. The van der Waals surface area contributed by atoms with Crippen molar-refractivity contribution in [2.24, 2.45) is 0 Å². The Balaban J connectivity index is 1.96. The van der Waals surface area contributed by atoms with Crippen LogP contribution in [0.15, 0.2) is 79.3 Å². The Bertz CT molecular complexity index is 599. The lowest BCUT2D eigenvalue weighted by molar-refractivity contribution is 0.922. The topological polar surface area (TPSA) is 37.8 Å².